The van der Waals surface area contributed by atoms with Gasteiger partial charge in [-0.25, -0.2) is 0 Å². The number of hydrogen-bond acceptors (Lipinski definition) is 1. The van der Waals surface area contributed by atoms with Crippen LogP contribution in [0.25, 0.3) is 38.9 Å². The second-order valence-electron chi connectivity index (χ2n) is 6.53. The highest BCUT2D eigenvalue weighted by molar-refractivity contribution is 6.00. The number of rotatable bonds is 2. The Balaban J connectivity index is 1.99. The smallest absolute Gasteiger partial charge is 0.134 e. The highest BCUT2D eigenvalue weighted by Crippen LogP contribution is 2.34. The van der Waals surface area contributed by atoms with Crippen LogP contribution in [0.4, 0.5) is 0 Å². The minimum Gasteiger partial charge on any atom is -0.461 e. The first-order valence-electron chi connectivity index (χ1n) is 8.29. The Labute approximate surface area is 142 Å². The molecule has 0 aliphatic heterocycles. The van der Waals surface area contributed by atoms with Crippen LogP contribution >= 0.6 is 0 Å². The van der Waals surface area contributed by atoms with Crippen LogP contribution in [-0.2, 0) is 0 Å². The Morgan fingerprint density at radius 1 is 0.875 bits per heavy atom. The van der Waals surface area contributed by atoms with Crippen molar-refractivity contribution in [2.45, 2.75) is 20.8 Å². The van der Waals surface area contributed by atoms with Gasteiger partial charge in [-0.2, -0.15) is 0 Å². The molecule has 1 heteroatoms. The number of allylic oxidation sites excluding steroid dienone is 1. The molecule has 3 aromatic carbocycles. The fourth-order valence-electron chi connectivity index (χ4n) is 3.35. The molecule has 0 N–H and O–H groups in total. The third-order valence-electron chi connectivity index (χ3n) is 4.45. The maximum absolute atomic E-state index is 5.93. The van der Waals surface area contributed by atoms with E-state index < -0.39 is 0 Å². The summed E-state index contributed by atoms with van der Waals surface area (Å²) >= 11 is 0. The highest BCUT2D eigenvalue weighted by Gasteiger charge is 2.11. The van der Waals surface area contributed by atoms with E-state index in [0.29, 0.717) is 0 Å². The van der Waals surface area contributed by atoms with E-state index in [0.717, 1.165) is 11.3 Å². The predicted octanol–water partition coefficient (Wildman–Crippen LogP) is 6.98. The molecule has 1 heterocycles. The Kier molecular flexibility index (Phi) is 3.50. The van der Waals surface area contributed by atoms with Crippen molar-refractivity contribution in [2.75, 3.05) is 0 Å². The maximum Gasteiger partial charge on any atom is 0.134 e. The van der Waals surface area contributed by atoms with Crippen LogP contribution in [-0.4, -0.2) is 0 Å². The van der Waals surface area contributed by atoms with Gasteiger partial charge in [0.2, 0.25) is 0 Å². The van der Waals surface area contributed by atoms with Crippen molar-refractivity contribution >= 4 is 27.8 Å². The second kappa shape index (κ2) is 5.68. The van der Waals surface area contributed by atoms with Crippen LogP contribution in [0.3, 0.4) is 0 Å². The summed E-state index contributed by atoms with van der Waals surface area (Å²) in [5.41, 5.74) is 5.90. The first-order chi connectivity index (χ1) is 11.6. The number of aryl methyl sites for hydroxylation is 1. The molecule has 4 rings (SSSR count). The summed E-state index contributed by atoms with van der Waals surface area (Å²) in [5, 5.41) is 3.73. The Morgan fingerprint density at radius 3 is 2.50 bits per heavy atom. The number of hydrogen-bond donors (Lipinski definition) is 0. The van der Waals surface area contributed by atoms with Crippen molar-refractivity contribution in [3.05, 3.63) is 77.6 Å². The van der Waals surface area contributed by atoms with Gasteiger partial charge < -0.3 is 4.42 Å². The van der Waals surface area contributed by atoms with Gasteiger partial charge in [0.25, 0.3) is 0 Å². The van der Waals surface area contributed by atoms with Crippen molar-refractivity contribution in [2.24, 2.45) is 0 Å². The van der Waals surface area contributed by atoms with Crippen molar-refractivity contribution in [1.29, 1.82) is 0 Å². The van der Waals surface area contributed by atoms with E-state index in [4.69, 9.17) is 4.42 Å². The minimum absolute atomic E-state index is 0.948. The molecule has 0 fully saturated rings. The molecule has 0 unspecified atom stereocenters. The molecule has 0 amide bonds. The zero-order valence-corrected chi connectivity index (χ0v) is 14.3. The zero-order valence-electron chi connectivity index (χ0n) is 14.3. The van der Waals surface area contributed by atoms with Gasteiger partial charge in [0.1, 0.15) is 11.3 Å². The van der Waals surface area contributed by atoms with E-state index in [1.165, 1.54) is 38.4 Å². The lowest BCUT2D eigenvalue weighted by Gasteiger charge is -2.07. The van der Waals surface area contributed by atoms with Crippen molar-refractivity contribution < 1.29 is 4.42 Å². The van der Waals surface area contributed by atoms with E-state index >= 15 is 0 Å². The summed E-state index contributed by atoms with van der Waals surface area (Å²) in [5.74, 6) is 0.973. The lowest BCUT2D eigenvalue weighted by atomic mass is 9.96. The molecule has 4 aromatic rings. The van der Waals surface area contributed by atoms with Gasteiger partial charge in [-0.15, -0.1) is 0 Å². The number of benzene rings is 3. The lowest BCUT2D eigenvalue weighted by molar-refractivity contribution is 0.577. The van der Waals surface area contributed by atoms with Gasteiger partial charge >= 0.3 is 0 Å². The summed E-state index contributed by atoms with van der Waals surface area (Å²) in [4.78, 5) is 0. The van der Waals surface area contributed by atoms with Crippen LogP contribution in [0.2, 0.25) is 0 Å². The normalized spacial score (nSPS) is 11.1. The number of fused-ring (bicyclic) bond motifs is 2. The third-order valence-corrected chi connectivity index (χ3v) is 4.45. The first-order valence-corrected chi connectivity index (χ1v) is 8.29. The molecule has 0 spiro atoms. The van der Waals surface area contributed by atoms with E-state index in [1.807, 2.05) is 6.92 Å². The van der Waals surface area contributed by atoms with Crippen molar-refractivity contribution in [3.8, 4) is 11.1 Å². The van der Waals surface area contributed by atoms with Crippen LogP contribution in [0, 0.1) is 6.92 Å². The summed E-state index contributed by atoms with van der Waals surface area (Å²) in [6.07, 6.45) is 2.20. The molecule has 1 aromatic heterocycles. The molecule has 0 radical (unpaired) electrons. The van der Waals surface area contributed by atoms with Gasteiger partial charge in [-0.3, -0.25) is 0 Å². The lowest BCUT2D eigenvalue weighted by Crippen LogP contribution is -1.82. The summed E-state index contributed by atoms with van der Waals surface area (Å²) in [6.45, 7) is 6.27. The average molecular weight is 312 g/mol. The van der Waals surface area contributed by atoms with E-state index in [-0.39, 0.29) is 0 Å². The fourth-order valence-corrected chi connectivity index (χ4v) is 3.35. The molecule has 1 nitrogen and oxygen atoms in total. The monoisotopic (exact) mass is 312 g/mol. The van der Waals surface area contributed by atoms with Crippen LogP contribution in [0.1, 0.15) is 25.2 Å². The molecule has 0 aliphatic rings. The largest absolute Gasteiger partial charge is 0.461 e. The second-order valence-corrected chi connectivity index (χ2v) is 6.53. The Hall–Kier alpha value is -2.80. The summed E-state index contributed by atoms with van der Waals surface area (Å²) in [6, 6.07) is 21.5. The summed E-state index contributed by atoms with van der Waals surface area (Å²) in [7, 11) is 0. The van der Waals surface area contributed by atoms with Gasteiger partial charge in [0.15, 0.2) is 0 Å². The fraction of sp³-hybridized carbons (Fsp3) is 0.130. The molecule has 0 aliphatic carbocycles. The standard InChI is InChI=1S/C23H20O/c1-15(2)13-21-16(3)24-23-12-11-18(14-22(21)23)20-10-6-8-17-7-4-5-9-19(17)20/h4-14H,1-3H3. The topological polar surface area (TPSA) is 13.1 Å². The Bertz CT molecular complexity index is 1070. The van der Waals surface area contributed by atoms with Crippen LogP contribution in [0.5, 0.6) is 0 Å². The first kappa shape index (κ1) is 14.8. The maximum atomic E-state index is 5.93. The summed E-state index contributed by atoms with van der Waals surface area (Å²) < 4.78 is 5.93. The van der Waals surface area contributed by atoms with Crippen LogP contribution in [0.15, 0.2) is 70.7 Å². The van der Waals surface area contributed by atoms with E-state index in [1.54, 1.807) is 0 Å². The number of furan rings is 1. The van der Waals surface area contributed by atoms with Crippen LogP contribution < -0.4 is 0 Å². The van der Waals surface area contributed by atoms with Gasteiger partial charge in [-0.05, 0) is 54.8 Å². The molecule has 0 atom stereocenters. The van der Waals surface area contributed by atoms with Crippen molar-refractivity contribution in [1.82, 2.24) is 0 Å². The molecule has 0 saturated heterocycles. The molecule has 0 saturated carbocycles. The molecular formula is C23H20O. The molecule has 0 bridgehead atoms. The molecular weight excluding hydrogens is 292 g/mol. The zero-order chi connectivity index (χ0) is 16.7. The highest BCUT2D eigenvalue weighted by atomic mass is 16.3. The van der Waals surface area contributed by atoms with E-state index in [2.05, 4.69) is 80.6 Å². The minimum atomic E-state index is 0.948. The predicted molar refractivity (Wildman–Crippen MR) is 103 cm³/mol. The SMILES string of the molecule is CC(C)=Cc1c(C)oc2ccc(-c3cccc4ccccc34)cc12. The van der Waals surface area contributed by atoms with Gasteiger partial charge in [0.05, 0.1) is 0 Å². The van der Waals surface area contributed by atoms with E-state index in [9.17, 15) is 0 Å². The Morgan fingerprint density at radius 2 is 1.67 bits per heavy atom. The van der Waals surface area contributed by atoms with Crippen molar-refractivity contribution in [3.63, 3.8) is 0 Å². The van der Waals surface area contributed by atoms with Gasteiger partial charge in [-0.1, -0.05) is 60.2 Å². The van der Waals surface area contributed by atoms with Gasteiger partial charge in [0, 0.05) is 10.9 Å². The average Bonchev–Trinajstić information content (AvgIpc) is 2.89. The quantitative estimate of drug-likeness (QED) is 0.389. The molecule has 24 heavy (non-hydrogen) atoms. The molecule has 118 valence electrons. The third kappa shape index (κ3) is 2.43.